The minimum Gasteiger partial charge on any atom is -0.497 e. The zero-order chi connectivity index (χ0) is 26.7. The Morgan fingerprint density at radius 2 is 2.00 bits per heavy atom. The number of fused-ring (bicyclic) bond motifs is 1. The van der Waals surface area contributed by atoms with E-state index >= 15 is 0 Å². The lowest BCUT2D eigenvalue weighted by molar-refractivity contribution is -0.129. The molecule has 3 aromatic rings. The molecule has 0 bridgehead atoms. The van der Waals surface area contributed by atoms with Crippen molar-refractivity contribution in [3.63, 3.8) is 0 Å². The maximum atomic E-state index is 12.3. The van der Waals surface area contributed by atoms with Gasteiger partial charge in [-0.15, -0.1) is 0 Å². The van der Waals surface area contributed by atoms with Crippen molar-refractivity contribution in [3.8, 4) is 11.5 Å². The Balaban J connectivity index is 1.53. The smallest absolute Gasteiger partial charge is 0.492 e. The number of nitrogens with one attached hydrogen (secondary N) is 2. The minimum absolute atomic E-state index is 0.0703. The Labute approximate surface area is 214 Å². The number of nitrogens with zero attached hydrogens (tertiary/aromatic N) is 3. The zero-order valence-corrected chi connectivity index (χ0v) is 20.6. The number of benzene rings is 2. The molecule has 0 atom stereocenters. The van der Waals surface area contributed by atoms with Gasteiger partial charge in [-0.1, -0.05) is 12.1 Å². The van der Waals surface area contributed by atoms with Crippen LogP contribution in [0.4, 0.5) is 17.3 Å². The third kappa shape index (κ3) is 5.91. The van der Waals surface area contributed by atoms with Gasteiger partial charge in [0.1, 0.15) is 11.5 Å². The molecule has 0 fully saturated rings. The van der Waals surface area contributed by atoms with Gasteiger partial charge in [-0.25, -0.2) is 15.8 Å². The van der Waals surface area contributed by atoms with Crippen LogP contribution in [0.15, 0.2) is 54.9 Å². The monoisotopic (exact) mass is 505 g/mol. The van der Waals surface area contributed by atoms with Crippen molar-refractivity contribution in [1.29, 1.82) is 0 Å². The number of methoxy groups -OCH3 is 1. The first kappa shape index (κ1) is 25.8. The van der Waals surface area contributed by atoms with Crippen LogP contribution in [-0.4, -0.2) is 50.8 Å². The van der Waals surface area contributed by atoms with E-state index in [1.165, 1.54) is 17.3 Å². The number of carbonyl (C=O) groups is 1. The van der Waals surface area contributed by atoms with Gasteiger partial charge < -0.3 is 40.9 Å². The highest BCUT2D eigenvalue weighted by Crippen LogP contribution is 2.35. The van der Waals surface area contributed by atoms with Gasteiger partial charge in [-0.3, -0.25) is 4.79 Å². The van der Waals surface area contributed by atoms with Crippen LogP contribution < -0.4 is 37.1 Å². The highest BCUT2D eigenvalue weighted by molar-refractivity contribution is 6.60. The number of ether oxygens (including phenoxy) is 2. The average molecular weight is 505 g/mol. The maximum Gasteiger partial charge on any atom is 0.492 e. The van der Waals surface area contributed by atoms with Gasteiger partial charge in [0.25, 0.3) is 5.91 Å². The highest BCUT2D eigenvalue weighted by Gasteiger charge is 2.38. The van der Waals surface area contributed by atoms with Crippen LogP contribution in [0.5, 0.6) is 11.5 Å². The van der Waals surface area contributed by atoms with Crippen LogP contribution in [-0.2, 0) is 11.3 Å². The molecule has 37 heavy (non-hydrogen) atoms. The maximum absolute atomic E-state index is 12.3. The molecule has 1 amide bonds. The number of carbonyl (C=O) groups excluding carboxylic acids is 1. The van der Waals surface area contributed by atoms with E-state index in [2.05, 4.69) is 20.6 Å². The molecule has 8 N–H and O–H groups in total. The van der Waals surface area contributed by atoms with Crippen molar-refractivity contribution in [2.75, 3.05) is 17.7 Å². The SMILES string of the molecule is COc1ccc(CN(N)/C=C(\N)c2ccnc(Nc3cc4c(c(B(O)O)c3)OC(C)(C)C(=O)N4)n2)cc1. The summed E-state index contributed by atoms with van der Waals surface area (Å²) in [6.07, 6.45) is 3.08. The Kier molecular flexibility index (Phi) is 7.20. The Morgan fingerprint density at radius 1 is 1.27 bits per heavy atom. The molecule has 0 saturated carbocycles. The van der Waals surface area contributed by atoms with Gasteiger partial charge in [0, 0.05) is 23.5 Å². The van der Waals surface area contributed by atoms with E-state index in [1.807, 2.05) is 24.3 Å². The summed E-state index contributed by atoms with van der Waals surface area (Å²) in [5, 5.41) is 27.0. The highest BCUT2D eigenvalue weighted by atomic mass is 16.5. The molecule has 13 heteroatoms. The second-order valence-electron chi connectivity index (χ2n) is 8.88. The number of anilines is 3. The van der Waals surface area contributed by atoms with Crippen molar-refractivity contribution in [2.45, 2.75) is 26.0 Å². The molecule has 12 nitrogen and oxygen atoms in total. The van der Waals surface area contributed by atoms with E-state index in [1.54, 1.807) is 39.3 Å². The van der Waals surface area contributed by atoms with Crippen molar-refractivity contribution < 1.29 is 24.3 Å². The molecule has 0 radical (unpaired) electrons. The lowest BCUT2D eigenvalue weighted by Crippen LogP contribution is -2.48. The molecule has 0 saturated heterocycles. The molecule has 1 aliphatic rings. The van der Waals surface area contributed by atoms with Crippen LogP contribution >= 0.6 is 0 Å². The molecule has 0 spiro atoms. The largest absolute Gasteiger partial charge is 0.497 e. The van der Waals surface area contributed by atoms with Crippen LogP contribution in [0.25, 0.3) is 5.70 Å². The molecule has 1 aliphatic heterocycles. The van der Waals surface area contributed by atoms with Gasteiger partial charge in [0.15, 0.2) is 5.60 Å². The zero-order valence-electron chi connectivity index (χ0n) is 20.6. The van der Waals surface area contributed by atoms with Crippen molar-refractivity contribution in [1.82, 2.24) is 15.0 Å². The van der Waals surface area contributed by atoms with E-state index in [4.69, 9.17) is 21.1 Å². The molecule has 2 heterocycles. The van der Waals surface area contributed by atoms with Gasteiger partial charge in [0.2, 0.25) is 5.95 Å². The van der Waals surface area contributed by atoms with E-state index < -0.39 is 12.7 Å². The molecular formula is C24H28BN7O5. The summed E-state index contributed by atoms with van der Waals surface area (Å²) in [5.41, 5.74) is 7.49. The van der Waals surface area contributed by atoms with Crippen molar-refractivity contribution in [3.05, 3.63) is 66.1 Å². The molecular weight excluding hydrogens is 477 g/mol. The third-order valence-electron chi connectivity index (χ3n) is 5.58. The third-order valence-corrected chi connectivity index (χ3v) is 5.58. The van der Waals surface area contributed by atoms with Crippen LogP contribution in [0.1, 0.15) is 25.1 Å². The van der Waals surface area contributed by atoms with E-state index in [0.717, 1.165) is 11.3 Å². The Hall–Kier alpha value is -4.33. The summed E-state index contributed by atoms with van der Waals surface area (Å²) in [6.45, 7) is 3.58. The quantitative estimate of drug-likeness (QED) is 0.144. The molecule has 2 aromatic carbocycles. The minimum atomic E-state index is -1.84. The molecule has 1 aromatic heterocycles. The lowest BCUT2D eigenvalue weighted by Gasteiger charge is -2.33. The van der Waals surface area contributed by atoms with Crippen LogP contribution in [0, 0.1) is 0 Å². The Morgan fingerprint density at radius 3 is 2.68 bits per heavy atom. The average Bonchev–Trinajstić information content (AvgIpc) is 2.85. The molecule has 0 unspecified atom stereocenters. The van der Waals surface area contributed by atoms with Gasteiger partial charge in [-0.2, -0.15) is 0 Å². The van der Waals surface area contributed by atoms with Crippen molar-refractivity contribution >= 4 is 41.5 Å². The number of rotatable bonds is 8. The lowest BCUT2D eigenvalue weighted by atomic mass is 9.78. The predicted octanol–water partition coefficient (Wildman–Crippen LogP) is 0.651. The summed E-state index contributed by atoms with van der Waals surface area (Å²) < 4.78 is 10.9. The second kappa shape index (κ2) is 10.3. The molecule has 0 aliphatic carbocycles. The summed E-state index contributed by atoms with van der Waals surface area (Å²) in [4.78, 5) is 21.0. The first-order chi connectivity index (χ1) is 17.6. The number of nitrogens with two attached hydrogens (primary N) is 2. The fraction of sp³-hybridized carbons (Fsp3) is 0.208. The molecule has 4 rings (SSSR count). The fourth-order valence-electron chi connectivity index (χ4n) is 3.64. The van der Waals surface area contributed by atoms with Crippen LogP contribution in [0.2, 0.25) is 0 Å². The van der Waals surface area contributed by atoms with Gasteiger partial charge in [-0.05, 0) is 49.7 Å². The van der Waals surface area contributed by atoms with Gasteiger partial charge in [0.05, 0.1) is 30.7 Å². The number of hydrazine groups is 1. The summed E-state index contributed by atoms with van der Waals surface area (Å²) in [7, 11) is -0.236. The summed E-state index contributed by atoms with van der Waals surface area (Å²) in [6, 6.07) is 12.2. The normalized spacial score (nSPS) is 14.2. The summed E-state index contributed by atoms with van der Waals surface area (Å²) >= 11 is 0. The molecule has 192 valence electrons. The first-order valence-corrected chi connectivity index (χ1v) is 11.3. The second-order valence-corrected chi connectivity index (χ2v) is 8.88. The number of hydrogen-bond acceptors (Lipinski definition) is 11. The standard InChI is InChI=1S/C24H28BN7O5/c1-24(2)22(33)30-20-11-15(10-17(25(34)35)21(20)37-24)29-23-28-9-8-19(31-23)18(26)13-32(27)12-14-4-6-16(36-3)7-5-14/h4-11,13,34-35H,12,26-27H2,1-3H3,(H,30,33)(H,28,29,31)/b18-13-. The van der Waals surface area contributed by atoms with Crippen molar-refractivity contribution in [2.24, 2.45) is 11.6 Å². The van der Waals surface area contributed by atoms with Crippen LogP contribution in [0.3, 0.4) is 0 Å². The first-order valence-electron chi connectivity index (χ1n) is 11.3. The topological polar surface area (TPSA) is 181 Å². The van der Waals surface area contributed by atoms with E-state index in [9.17, 15) is 14.8 Å². The predicted molar refractivity (Wildman–Crippen MR) is 140 cm³/mol. The van der Waals surface area contributed by atoms with E-state index in [0.29, 0.717) is 23.6 Å². The number of hydrogen-bond donors (Lipinski definition) is 6. The van der Waals surface area contributed by atoms with Gasteiger partial charge >= 0.3 is 7.12 Å². The number of aromatic nitrogens is 2. The van der Waals surface area contributed by atoms with E-state index in [-0.39, 0.29) is 28.8 Å². The number of amides is 1. The summed E-state index contributed by atoms with van der Waals surface area (Å²) in [5.74, 6) is 6.86. The Bertz CT molecular complexity index is 1330. The fourth-order valence-corrected chi connectivity index (χ4v) is 3.64.